The maximum atomic E-state index is 12.9. The molecule has 6 heteroatoms. The summed E-state index contributed by atoms with van der Waals surface area (Å²) in [6.07, 6.45) is 1.93. The number of carbonyl (C=O) groups is 1. The minimum atomic E-state index is -0.737. The van der Waals surface area contributed by atoms with Crippen LogP contribution in [0.1, 0.15) is 40.3 Å². The summed E-state index contributed by atoms with van der Waals surface area (Å²) >= 11 is 12.7. The summed E-state index contributed by atoms with van der Waals surface area (Å²) in [6, 6.07) is 19.6. The third-order valence-corrected chi connectivity index (χ3v) is 6.53. The number of benzene rings is 3. The number of nitrogens with two attached hydrogens (primary N) is 1. The van der Waals surface area contributed by atoms with Crippen LogP contribution in [0.15, 0.2) is 60.7 Å². The van der Waals surface area contributed by atoms with Crippen LogP contribution in [0.5, 0.6) is 0 Å². The maximum Gasteiger partial charge on any atom is 0.237 e. The van der Waals surface area contributed by atoms with Crippen molar-refractivity contribution in [3.05, 3.63) is 98.5 Å². The number of rotatable bonds is 6. The lowest BCUT2D eigenvalue weighted by Crippen LogP contribution is -2.44. The van der Waals surface area contributed by atoms with Crippen LogP contribution in [-0.4, -0.2) is 18.5 Å². The molecule has 4 nitrogen and oxygen atoms in total. The summed E-state index contributed by atoms with van der Waals surface area (Å²) in [4.78, 5) is 12.9. The molecule has 4 rings (SSSR count). The van der Waals surface area contributed by atoms with Gasteiger partial charge in [0.1, 0.15) is 0 Å². The standard InChI is InChI=1S/C26H27Cl2N3O/c1-16-11-21(27)19(22(28)12-16)15-23(29)26(32)31-25-9-10-30-24-8-7-18(14-20(24)25)13-17-5-3-2-4-6-17/h2-8,11-12,14,23,25,30H,9-10,13,15,29H2,1H3,(H,31,32). The Bertz CT molecular complexity index is 1090. The molecule has 0 spiro atoms. The van der Waals surface area contributed by atoms with Gasteiger partial charge < -0.3 is 16.4 Å². The first-order valence-electron chi connectivity index (χ1n) is 10.8. The Balaban J connectivity index is 1.48. The lowest BCUT2D eigenvalue weighted by Gasteiger charge is -2.29. The second-order valence-corrected chi connectivity index (χ2v) is 9.19. The first-order chi connectivity index (χ1) is 15.4. The largest absolute Gasteiger partial charge is 0.385 e. The molecule has 2 unspecified atom stereocenters. The van der Waals surface area contributed by atoms with Gasteiger partial charge in [-0.15, -0.1) is 0 Å². The van der Waals surface area contributed by atoms with Crippen LogP contribution in [0.4, 0.5) is 5.69 Å². The van der Waals surface area contributed by atoms with Gasteiger partial charge in [-0.2, -0.15) is 0 Å². The molecule has 0 radical (unpaired) electrons. The first-order valence-corrected chi connectivity index (χ1v) is 11.6. The van der Waals surface area contributed by atoms with E-state index in [1.165, 1.54) is 11.1 Å². The Morgan fingerprint density at radius 3 is 2.53 bits per heavy atom. The third kappa shape index (κ3) is 5.26. The fourth-order valence-electron chi connectivity index (χ4n) is 4.18. The number of amides is 1. The molecule has 0 aromatic heterocycles. The molecule has 0 bridgehead atoms. The lowest BCUT2D eigenvalue weighted by atomic mass is 9.93. The molecule has 3 aromatic carbocycles. The second kappa shape index (κ2) is 9.95. The number of hydrogen-bond donors (Lipinski definition) is 3. The summed E-state index contributed by atoms with van der Waals surface area (Å²) in [5, 5.41) is 7.65. The van der Waals surface area contributed by atoms with Gasteiger partial charge in [-0.25, -0.2) is 0 Å². The molecule has 0 saturated heterocycles. The van der Waals surface area contributed by atoms with Crippen LogP contribution in [0, 0.1) is 6.92 Å². The quantitative estimate of drug-likeness (QED) is 0.452. The lowest BCUT2D eigenvalue weighted by molar-refractivity contribution is -0.123. The first kappa shape index (κ1) is 22.7. The number of fused-ring (bicyclic) bond motifs is 1. The molecule has 32 heavy (non-hydrogen) atoms. The third-order valence-electron chi connectivity index (χ3n) is 5.85. The van der Waals surface area contributed by atoms with E-state index in [4.69, 9.17) is 28.9 Å². The molecule has 2 atom stereocenters. The van der Waals surface area contributed by atoms with Gasteiger partial charge in [0, 0.05) is 22.3 Å². The highest BCUT2D eigenvalue weighted by Gasteiger charge is 2.25. The van der Waals surface area contributed by atoms with Crippen molar-refractivity contribution < 1.29 is 4.79 Å². The molecule has 0 fully saturated rings. The smallest absolute Gasteiger partial charge is 0.237 e. The van der Waals surface area contributed by atoms with Gasteiger partial charge in [-0.1, -0.05) is 65.7 Å². The van der Waals surface area contributed by atoms with E-state index in [-0.39, 0.29) is 18.4 Å². The highest BCUT2D eigenvalue weighted by Crippen LogP contribution is 2.32. The van der Waals surface area contributed by atoms with Gasteiger partial charge in [0.15, 0.2) is 0 Å². The number of hydrogen-bond acceptors (Lipinski definition) is 3. The summed E-state index contributed by atoms with van der Waals surface area (Å²) in [5.74, 6) is -0.205. The number of halogens is 2. The minimum Gasteiger partial charge on any atom is -0.385 e. The summed E-state index contributed by atoms with van der Waals surface area (Å²) in [7, 11) is 0. The molecule has 3 aromatic rings. The number of carbonyl (C=O) groups excluding carboxylic acids is 1. The van der Waals surface area contributed by atoms with E-state index in [9.17, 15) is 4.79 Å². The van der Waals surface area contributed by atoms with Gasteiger partial charge in [0.2, 0.25) is 5.91 Å². The average molecular weight is 468 g/mol. The molecule has 1 aliphatic rings. The van der Waals surface area contributed by atoms with E-state index in [0.29, 0.717) is 15.6 Å². The Morgan fingerprint density at radius 2 is 1.81 bits per heavy atom. The molecule has 4 N–H and O–H groups in total. The van der Waals surface area contributed by atoms with Gasteiger partial charge in [0.05, 0.1) is 12.1 Å². The monoisotopic (exact) mass is 467 g/mol. The van der Waals surface area contributed by atoms with Crippen molar-refractivity contribution in [3.63, 3.8) is 0 Å². The van der Waals surface area contributed by atoms with Crippen LogP contribution in [0.3, 0.4) is 0 Å². The van der Waals surface area contributed by atoms with Crippen molar-refractivity contribution in [3.8, 4) is 0 Å². The van der Waals surface area contributed by atoms with Crippen molar-refractivity contribution in [1.29, 1.82) is 0 Å². The van der Waals surface area contributed by atoms with Gasteiger partial charge in [0.25, 0.3) is 0 Å². The molecule has 1 heterocycles. The molecular formula is C26H27Cl2N3O. The molecule has 1 amide bonds. The van der Waals surface area contributed by atoms with Crippen molar-refractivity contribution in [2.45, 2.75) is 38.3 Å². The van der Waals surface area contributed by atoms with E-state index in [1.807, 2.05) is 37.3 Å². The topological polar surface area (TPSA) is 67.2 Å². The zero-order valence-electron chi connectivity index (χ0n) is 18.0. The normalized spacial score (nSPS) is 16.1. The van der Waals surface area contributed by atoms with Crippen LogP contribution >= 0.6 is 23.2 Å². The van der Waals surface area contributed by atoms with Crippen LogP contribution in [0.25, 0.3) is 0 Å². The van der Waals surface area contributed by atoms with Crippen molar-refractivity contribution >= 4 is 34.8 Å². The highest BCUT2D eigenvalue weighted by atomic mass is 35.5. The maximum absolute atomic E-state index is 12.9. The van der Waals surface area contributed by atoms with E-state index >= 15 is 0 Å². The minimum absolute atomic E-state index is 0.0931. The fourth-order valence-corrected chi connectivity index (χ4v) is 4.93. The molecular weight excluding hydrogens is 441 g/mol. The Labute approximate surface area is 199 Å². The fraction of sp³-hybridized carbons (Fsp3) is 0.269. The molecule has 166 valence electrons. The Morgan fingerprint density at radius 1 is 1.09 bits per heavy atom. The molecule has 0 saturated carbocycles. The Kier molecular flexibility index (Phi) is 7.04. The van der Waals surface area contributed by atoms with Crippen LogP contribution < -0.4 is 16.4 Å². The predicted molar refractivity (Wildman–Crippen MR) is 133 cm³/mol. The van der Waals surface area contributed by atoms with E-state index in [2.05, 4.69) is 41.0 Å². The van der Waals surface area contributed by atoms with Gasteiger partial charge in [-0.3, -0.25) is 4.79 Å². The summed E-state index contributed by atoms with van der Waals surface area (Å²) < 4.78 is 0. The van der Waals surface area contributed by atoms with Gasteiger partial charge in [-0.05, 0) is 72.2 Å². The number of anilines is 1. The van der Waals surface area contributed by atoms with Crippen LogP contribution in [-0.2, 0) is 17.6 Å². The predicted octanol–water partition coefficient (Wildman–Crippen LogP) is 5.44. The van der Waals surface area contributed by atoms with E-state index in [1.54, 1.807) is 0 Å². The zero-order chi connectivity index (χ0) is 22.7. The zero-order valence-corrected chi connectivity index (χ0v) is 19.5. The van der Waals surface area contributed by atoms with Crippen molar-refractivity contribution in [1.82, 2.24) is 5.32 Å². The van der Waals surface area contributed by atoms with E-state index in [0.717, 1.165) is 36.2 Å². The molecule has 1 aliphatic heterocycles. The highest BCUT2D eigenvalue weighted by molar-refractivity contribution is 6.36. The average Bonchev–Trinajstić information content (AvgIpc) is 2.77. The van der Waals surface area contributed by atoms with Crippen molar-refractivity contribution in [2.75, 3.05) is 11.9 Å². The summed E-state index contributed by atoms with van der Waals surface area (Å²) in [5.41, 5.74) is 12.5. The van der Waals surface area contributed by atoms with E-state index < -0.39 is 6.04 Å². The van der Waals surface area contributed by atoms with Gasteiger partial charge >= 0.3 is 0 Å². The molecule has 0 aliphatic carbocycles. The number of nitrogens with one attached hydrogen (secondary N) is 2. The summed E-state index contributed by atoms with van der Waals surface area (Å²) in [6.45, 7) is 2.72. The van der Waals surface area contributed by atoms with Crippen molar-refractivity contribution in [2.24, 2.45) is 5.73 Å². The Hall–Kier alpha value is -2.53. The van der Waals surface area contributed by atoms with Crippen LogP contribution in [0.2, 0.25) is 10.0 Å². The number of aryl methyl sites for hydroxylation is 1. The SMILES string of the molecule is Cc1cc(Cl)c(CC(N)C(=O)NC2CCNc3ccc(Cc4ccccc4)cc32)c(Cl)c1. The second-order valence-electron chi connectivity index (χ2n) is 8.38.